The maximum atomic E-state index is 11.9. The molecule has 2 N–H and O–H groups in total. The zero-order valence-electron chi connectivity index (χ0n) is 18.0. The molecule has 0 spiro atoms. The van der Waals surface area contributed by atoms with Crippen LogP contribution in [0.4, 0.5) is 17.6 Å². The van der Waals surface area contributed by atoms with Gasteiger partial charge in [-0.05, 0) is 50.3 Å². The van der Waals surface area contributed by atoms with Crippen LogP contribution in [-0.4, -0.2) is 62.6 Å². The number of hydrogen-bond acceptors (Lipinski definition) is 8. The second-order valence-electron chi connectivity index (χ2n) is 7.82. The summed E-state index contributed by atoms with van der Waals surface area (Å²) in [5, 5.41) is 17.3. The molecule has 1 saturated carbocycles. The van der Waals surface area contributed by atoms with Crippen molar-refractivity contribution in [2.75, 3.05) is 37.0 Å². The fraction of sp³-hybridized carbons (Fsp3) is 0.476. The maximum absolute atomic E-state index is 11.9. The van der Waals surface area contributed by atoms with E-state index in [9.17, 15) is 9.90 Å². The van der Waals surface area contributed by atoms with Crippen molar-refractivity contribution < 1.29 is 14.6 Å². The van der Waals surface area contributed by atoms with Gasteiger partial charge in [0.25, 0.3) is 0 Å². The molecular weight excluding hydrogens is 398 g/mol. The monoisotopic (exact) mass is 425 g/mol. The predicted molar refractivity (Wildman–Crippen MR) is 117 cm³/mol. The number of aryl methyl sites for hydroxylation is 1. The van der Waals surface area contributed by atoms with E-state index in [1.54, 1.807) is 10.9 Å². The van der Waals surface area contributed by atoms with Crippen molar-refractivity contribution in [2.45, 2.75) is 33.2 Å². The molecule has 3 aromatic rings. The zero-order chi connectivity index (χ0) is 22.0. The lowest BCUT2D eigenvalue weighted by molar-refractivity contribution is 0.0690. The van der Waals surface area contributed by atoms with Gasteiger partial charge in [0.1, 0.15) is 16.9 Å². The van der Waals surface area contributed by atoms with Gasteiger partial charge in [-0.25, -0.2) is 14.8 Å². The summed E-state index contributed by atoms with van der Waals surface area (Å²) in [5.74, 6) is 1.01. The van der Waals surface area contributed by atoms with Crippen LogP contribution >= 0.6 is 0 Å². The molecular formula is C21H27N7O3. The van der Waals surface area contributed by atoms with E-state index in [4.69, 9.17) is 4.74 Å². The average Bonchev–Trinajstić information content (AvgIpc) is 3.49. The minimum atomic E-state index is -1.13. The minimum Gasteiger partial charge on any atom is -0.476 e. The molecule has 0 saturated heterocycles. The third kappa shape index (κ3) is 4.74. The van der Waals surface area contributed by atoms with Crippen molar-refractivity contribution in [3.8, 4) is 0 Å². The summed E-state index contributed by atoms with van der Waals surface area (Å²) in [6.07, 6.45) is 4.14. The van der Waals surface area contributed by atoms with Crippen molar-refractivity contribution in [3.05, 3.63) is 29.6 Å². The van der Waals surface area contributed by atoms with Crippen LogP contribution in [0, 0.1) is 12.8 Å². The number of fused-ring (bicyclic) bond motifs is 1. The lowest BCUT2D eigenvalue weighted by Gasteiger charge is -2.17. The summed E-state index contributed by atoms with van der Waals surface area (Å²) < 4.78 is 7.35. The highest BCUT2D eigenvalue weighted by molar-refractivity contribution is 6.03. The van der Waals surface area contributed by atoms with Crippen LogP contribution < -0.4 is 10.2 Å². The van der Waals surface area contributed by atoms with Gasteiger partial charge in [0.2, 0.25) is 5.95 Å². The van der Waals surface area contributed by atoms with Crippen LogP contribution in [-0.2, 0) is 11.3 Å². The maximum Gasteiger partial charge on any atom is 0.358 e. The molecule has 0 unspecified atom stereocenters. The van der Waals surface area contributed by atoms with Gasteiger partial charge in [-0.1, -0.05) is 0 Å². The summed E-state index contributed by atoms with van der Waals surface area (Å²) in [4.78, 5) is 27.3. The predicted octanol–water partition coefficient (Wildman–Crippen LogP) is 2.85. The van der Waals surface area contributed by atoms with Crippen LogP contribution in [0.3, 0.4) is 0 Å². The molecule has 0 aromatic carbocycles. The summed E-state index contributed by atoms with van der Waals surface area (Å²) in [6.45, 7) is 6.18. The smallest absolute Gasteiger partial charge is 0.358 e. The molecule has 0 aliphatic heterocycles. The van der Waals surface area contributed by atoms with E-state index in [0.717, 1.165) is 12.2 Å². The molecule has 0 atom stereocenters. The number of aromatic carboxylic acids is 1. The summed E-state index contributed by atoms with van der Waals surface area (Å²) in [7, 11) is 1.85. The molecule has 1 aliphatic carbocycles. The SMILES string of the molecule is CCN(C)c1nc(Nc2cc(C)ccn2)c2c(n1)c(C(=O)O)nn2CCOCC1CC1. The molecule has 31 heavy (non-hydrogen) atoms. The highest BCUT2D eigenvalue weighted by Gasteiger charge is 2.24. The second-order valence-corrected chi connectivity index (χ2v) is 7.82. The molecule has 1 aliphatic rings. The van der Waals surface area contributed by atoms with Gasteiger partial charge in [-0.2, -0.15) is 10.1 Å². The Hall–Kier alpha value is -3.27. The Balaban J connectivity index is 1.77. The normalized spacial score (nSPS) is 13.5. The fourth-order valence-electron chi connectivity index (χ4n) is 3.19. The number of carboxylic acid groups (broad SMARTS) is 1. The van der Waals surface area contributed by atoms with Crippen LogP contribution in [0.15, 0.2) is 18.3 Å². The Morgan fingerprint density at radius 1 is 1.39 bits per heavy atom. The molecule has 0 amide bonds. The topological polar surface area (TPSA) is 118 Å². The van der Waals surface area contributed by atoms with Crippen LogP contribution in [0.1, 0.15) is 35.8 Å². The number of hydrogen-bond donors (Lipinski definition) is 2. The number of aromatic nitrogens is 5. The van der Waals surface area contributed by atoms with Crippen molar-refractivity contribution in [1.29, 1.82) is 0 Å². The first kappa shape index (κ1) is 21.0. The van der Waals surface area contributed by atoms with Crippen LogP contribution in [0.5, 0.6) is 0 Å². The Morgan fingerprint density at radius 3 is 2.87 bits per heavy atom. The number of ether oxygens (including phenoxy) is 1. The van der Waals surface area contributed by atoms with E-state index >= 15 is 0 Å². The second kappa shape index (κ2) is 8.84. The number of nitrogens with one attached hydrogen (secondary N) is 1. The quantitative estimate of drug-likeness (QED) is 0.473. The van der Waals surface area contributed by atoms with E-state index < -0.39 is 5.97 Å². The Bertz CT molecular complexity index is 1090. The lowest BCUT2D eigenvalue weighted by atomic mass is 10.3. The van der Waals surface area contributed by atoms with Crippen molar-refractivity contribution in [2.24, 2.45) is 5.92 Å². The summed E-state index contributed by atoms with van der Waals surface area (Å²) >= 11 is 0. The molecule has 0 bridgehead atoms. The molecule has 164 valence electrons. The van der Waals surface area contributed by atoms with E-state index in [-0.39, 0.29) is 11.2 Å². The van der Waals surface area contributed by atoms with Crippen LogP contribution in [0.2, 0.25) is 0 Å². The first-order chi connectivity index (χ1) is 15.0. The van der Waals surface area contributed by atoms with Gasteiger partial charge in [-0.3, -0.25) is 4.68 Å². The molecule has 10 nitrogen and oxygen atoms in total. The third-order valence-electron chi connectivity index (χ3n) is 5.25. The van der Waals surface area contributed by atoms with Crippen LogP contribution in [0.25, 0.3) is 11.0 Å². The highest BCUT2D eigenvalue weighted by atomic mass is 16.5. The Labute approximate surface area is 180 Å². The number of anilines is 3. The fourth-order valence-corrected chi connectivity index (χ4v) is 3.19. The summed E-state index contributed by atoms with van der Waals surface area (Å²) in [5.41, 5.74) is 1.74. The number of carboxylic acids is 1. The highest BCUT2D eigenvalue weighted by Crippen LogP contribution is 2.30. The average molecular weight is 425 g/mol. The Kier molecular flexibility index (Phi) is 5.99. The minimum absolute atomic E-state index is 0.106. The molecule has 10 heteroatoms. The largest absolute Gasteiger partial charge is 0.476 e. The summed E-state index contributed by atoms with van der Waals surface area (Å²) in [6, 6.07) is 3.80. The number of nitrogens with zero attached hydrogens (tertiary/aromatic N) is 6. The standard InChI is InChI=1S/C21H27N7O3/c1-4-27(3)21-24-16-17(20(29)30)26-28(9-10-31-12-14-5-6-14)18(16)19(25-21)23-15-11-13(2)7-8-22-15/h7-8,11,14H,4-6,9-10,12H2,1-3H3,(H,29,30)(H,22,23,24,25). The van der Waals surface area contributed by atoms with Gasteiger partial charge in [0.05, 0.1) is 13.2 Å². The molecule has 3 aromatic heterocycles. The van der Waals surface area contributed by atoms with E-state index in [2.05, 4.69) is 25.4 Å². The van der Waals surface area contributed by atoms with Gasteiger partial charge in [0.15, 0.2) is 11.5 Å². The van der Waals surface area contributed by atoms with Gasteiger partial charge < -0.3 is 20.1 Å². The lowest BCUT2D eigenvalue weighted by Crippen LogP contribution is -2.19. The van der Waals surface area contributed by atoms with E-state index in [1.165, 1.54) is 12.8 Å². The van der Waals surface area contributed by atoms with Gasteiger partial charge in [-0.15, -0.1) is 0 Å². The van der Waals surface area contributed by atoms with Crippen molar-refractivity contribution in [3.63, 3.8) is 0 Å². The Morgan fingerprint density at radius 2 is 2.19 bits per heavy atom. The molecule has 0 radical (unpaired) electrons. The first-order valence-corrected chi connectivity index (χ1v) is 10.5. The number of carbonyl (C=O) groups is 1. The van der Waals surface area contributed by atoms with Gasteiger partial charge in [0, 0.05) is 26.4 Å². The van der Waals surface area contributed by atoms with Gasteiger partial charge >= 0.3 is 5.97 Å². The van der Waals surface area contributed by atoms with E-state index in [1.807, 2.05) is 37.9 Å². The first-order valence-electron chi connectivity index (χ1n) is 10.5. The van der Waals surface area contributed by atoms with E-state index in [0.29, 0.717) is 48.7 Å². The van der Waals surface area contributed by atoms with Crippen molar-refractivity contribution >= 4 is 34.6 Å². The molecule has 3 heterocycles. The third-order valence-corrected chi connectivity index (χ3v) is 5.25. The molecule has 4 rings (SSSR count). The molecule has 1 fully saturated rings. The number of rotatable bonds is 10. The number of pyridine rings is 1. The van der Waals surface area contributed by atoms with Crippen molar-refractivity contribution in [1.82, 2.24) is 24.7 Å². The zero-order valence-corrected chi connectivity index (χ0v) is 18.0.